The van der Waals surface area contributed by atoms with E-state index < -0.39 is 15.8 Å². The Morgan fingerprint density at radius 2 is 2.09 bits per heavy atom. The van der Waals surface area contributed by atoms with Crippen molar-refractivity contribution in [2.24, 2.45) is 0 Å². The molecule has 0 amide bonds. The first kappa shape index (κ1) is 10.9. The van der Waals surface area contributed by atoms with Crippen molar-refractivity contribution >= 4 is 40.7 Å². The lowest BCUT2D eigenvalue weighted by Crippen LogP contribution is -2.24. The molecule has 0 aromatic heterocycles. The van der Waals surface area contributed by atoms with E-state index in [0.29, 0.717) is 0 Å². The predicted molar refractivity (Wildman–Crippen MR) is 47.4 cm³/mol. The van der Waals surface area contributed by atoms with Crippen molar-refractivity contribution in [2.45, 2.75) is 16.8 Å². The minimum absolute atomic E-state index is 0.465. The first-order chi connectivity index (χ1) is 4.88. The van der Waals surface area contributed by atoms with Crippen LogP contribution in [0.1, 0.15) is 6.92 Å². The maximum atomic E-state index is 7.06. The van der Waals surface area contributed by atoms with Gasteiger partial charge in [-0.2, -0.15) is 0 Å². The topological polar surface area (TPSA) is 33.1 Å². The van der Waals surface area contributed by atoms with Crippen LogP contribution in [0.15, 0.2) is 0 Å². The average molecular weight is 214 g/mol. The second kappa shape index (κ2) is 4.06. The van der Waals surface area contributed by atoms with Crippen LogP contribution in [-0.2, 0) is 4.74 Å². The third-order valence-electron chi connectivity index (χ3n) is 0.787. The maximum Gasteiger partial charge on any atom is 0.265 e. The van der Waals surface area contributed by atoms with E-state index in [1.54, 1.807) is 6.92 Å². The second-order valence-electron chi connectivity index (χ2n) is 1.75. The Labute approximate surface area is 80.3 Å². The van der Waals surface area contributed by atoms with E-state index in [9.17, 15) is 0 Å². The van der Waals surface area contributed by atoms with Gasteiger partial charge in [-0.3, -0.25) is 5.41 Å². The lowest BCUT2D eigenvalue weighted by atomic mass is 10.4. The molecule has 0 fully saturated rings. The minimum atomic E-state index is -1.83. The lowest BCUT2D eigenvalue weighted by molar-refractivity contribution is 0.257. The third-order valence-corrected chi connectivity index (χ3v) is 1.30. The molecule has 0 rings (SSSR count). The first-order valence-corrected chi connectivity index (χ1v) is 3.80. The van der Waals surface area contributed by atoms with Crippen LogP contribution < -0.4 is 0 Å². The minimum Gasteiger partial charge on any atom is -0.462 e. The van der Waals surface area contributed by atoms with Crippen LogP contribution in [0.25, 0.3) is 0 Å². The number of hydrogen-bond acceptors (Lipinski definition) is 2. The highest BCUT2D eigenvalue weighted by Gasteiger charge is 2.29. The zero-order valence-electron chi connectivity index (χ0n) is 5.70. The summed E-state index contributed by atoms with van der Waals surface area (Å²) in [6.45, 7) is 1.57. The molecule has 0 bridgehead atoms. The van der Waals surface area contributed by atoms with E-state index in [-0.39, 0.29) is 0 Å². The molecule has 0 aliphatic rings. The molecular weight excluding hydrogens is 208 g/mol. The maximum absolute atomic E-state index is 7.06. The van der Waals surface area contributed by atoms with Crippen molar-refractivity contribution < 1.29 is 4.74 Å². The number of nitrogens with one attached hydrogen (secondary N) is 1. The molecule has 1 N–H and O–H groups in total. The zero-order valence-corrected chi connectivity index (χ0v) is 7.96. The Kier molecular flexibility index (Phi) is 4.02. The molecule has 2 nitrogen and oxygen atoms in total. The molecule has 1 atom stereocenters. The molecule has 0 saturated carbocycles. The zero-order chi connectivity index (χ0) is 9.07. The van der Waals surface area contributed by atoms with Crippen LogP contribution in [0.3, 0.4) is 0 Å². The van der Waals surface area contributed by atoms with E-state index in [2.05, 4.69) is 5.92 Å². The van der Waals surface area contributed by atoms with Crippen LogP contribution in [0.5, 0.6) is 0 Å². The van der Waals surface area contributed by atoms with Crippen LogP contribution in [0.4, 0.5) is 0 Å². The van der Waals surface area contributed by atoms with Crippen molar-refractivity contribution in [3.8, 4) is 12.3 Å². The first-order valence-electron chi connectivity index (χ1n) is 2.66. The highest BCUT2D eigenvalue weighted by atomic mass is 35.6. The van der Waals surface area contributed by atoms with Crippen LogP contribution in [0.2, 0.25) is 0 Å². The monoisotopic (exact) mass is 213 g/mol. The van der Waals surface area contributed by atoms with Crippen LogP contribution in [-0.4, -0.2) is 15.8 Å². The van der Waals surface area contributed by atoms with Gasteiger partial charge in [-0.1, -0.05) is 40.7 Å². The Morgan fingerprint density at radius 3 is 2.36 bits per heavy atom. The van der Waals surface area contributed by atoms with E-state index in [0.717, 1.165) is 0 Å². The van der Waals surface area contributed by atoms with Crippen molar-refractivity contribution in [1.82, 2.24) is 0 Å². The molecule has 0 heterocycles. The predicted octanol–water partition coefficient (Wildman–Crippen LogP) is 2.37. The van der Waals surface area contributed by atoms with E-state index in [4.69, 9.17) is 51.4 Å². The smallest absolute Gasteiger partial charge is 0.265 e. The number of hydrogen-bond donors (Lipinski definition) is 1. The molecule has 62 valence electrons. The van der Waals surface area contributed by atoms with Crippen molar-refractivity contribution in [3.63, 3.8) is 0 Å². The Hall–Kier alpha value is -0.100. The standard InChI is InChI=1S/C6H6Cl3NO/c1-3-4(2)11-5(10)6(7,8)9/h1,4,10H,2H3. The number of halogens is 3. The molecule has 0 aliphatic carbocycles. The summed E-state index contributed by atoms with van der Waals surface area (Å²) in [5.74, 6) is 1.76. The van der Waals surface area contributed by atoms with Gasteiger partial charge in [-0.25, -0.2) is 0 Å². The highest BCUT2D eigenvalue weighted by Crippen LogP contribution is 2.27. The van der Waals surface area contributed by atoms with Gasteiger partial charge in [0.1, 0.15) is 0 Å². The number of ether oxygens (including phenoxy) is 1. The van der Waals surface area contributed by atoms with Crippen molar-refractivity contribution in [3.05, 3.63) is 0 Å². The Bertz CT molecular complexity index is 191. The number of rotatable bonds is 1. The molecule has 0 spiro atoms. The molecule has 0 aliphatic heterocycles. The van der Waals surface area contributed by atoms with Gasteiger partial charge < -0.3 is 4.74 Å². The Morgan fingerprint density at radius 1 is 1.64 bits per heavy atom. The Balaban J connectivity index is 4.01. The number of terminal acetylenes is 1. The molecule has 0 aromatic rings. The summed E-state index contributed by atoms with van der Waals surface area (Å²) in [7, 11) is 0. The largest absolute Gasteiger partial charge is 0.462 e. The second-order valence-corrected chi connectivity index (χ2v) is 4.03. The fourth-order valence-electron chi connectivity index (χ4n) is 0.278. The van der Waals surface area contributed by atoms with Crippen LogP contribution >= 0.6 is 34.8 Å². The molecule has 0 radical (unpaired) electrons. The van der Waals surface area contributed by atoms with Gasteiger partial charge in [0.05, 0.1) is 0 Å². The fraction of sp³-hybridized carbons (Fsp3) is 0.500. The van der Waals surface area contributed by atoms with Gasteiger partial charge in [0, 0.05) is 0 Å². The normalized spacial score (nSPS) is 13.4. The van der Waals surface area contributed by atoms with Gasteiger partial charge in [-0.15, -0.1) is 6.42 Å². The molecule has 1 unspecified atom stereocenters. The van der Waals surface area contributed by atoms with Crippen molar-refractivity contribution in [2.75, 3.05) is 0 Å². The number of alkyl halides is 3. The molecule has 0 aromatic carbocycles. The van der Waals surface area contributed by atoms with Gasteiger partial charge in [0.25, 0.3) is 3.79 Å². The molecule has 11 heavy (non-hydrogen) atoms. The summed E-state index contributed by atoms with van der Waals surface area (Å²) in [5.41, 5.74) is 0. The summed E-state index contributed by atoms with van der Waals surface area (Å²) < 4.78 is 2.89. The van der Waals surface area contributed by atoms with Gasteiger partial charge in [0.15, 0.2) is 6.10 Å². The van der Waals surface area contributed by atoms with Gasteiger partial charge in [0.2, 0.25) is 5.90 Å². The SMILES string of the molecule is C#CC(C)OC(=N)C(Cl)(Cl)Cl. The summed E-state index contributed by atoms with van der Waals surface area (Å²) >= 11 is 15.9. The van der Waals surface area contributed by atoms with Gasteiger partial charge >= 0.3 is 0 Å². The quantitative estimate of drug-likeness (QED) is 0.309. The van der Waals surface area contributed by atoms with E-state index >= 15 is 0 Å². The molecule has 5 heteroatoms. The fourth-order valence-corrected chi connectivity index (χ4v) is 0.411. The van der Waals surface area contributed by atoms with Crippen LogP contribution in [0, 0.1) is 17.8 Å². The highest BCUT2D eigenvalue weighted by molar-refractivity contribution is 6.76. The van der Waals surface area contributed by atoms with E-state index in [1.165, 1.54) is 0 Å². The summed E-state index contributed by atoms with van der Waals surface area (Å²) in [4.78, 5) is 0. The summed E-state index contributed by atoms with van der Waals surface area (Å²) in [6.07, 6.45) is 4.41. The molecular formula is C6H6Cl3NO. The molecule has 0 saturated heterocycles. The lowest BCUT2D eigenvalue weighted by Gasteiger charge is -2.15. The van der Waals surface area contributed by atoms with Crippen molar-refractivity contribution in [1.29, 1.82) is 5.41 Å². The summed E-state index contributed by atoms with van der Waals surface area (Å²) in [5, 5.41) is 7.06. The van der Waals surface area contributed by atoms with E-state index in [1.807, 2.05) is 0 Å². The average Bonchev–Trinajstić information content (AvgIpc) is 1.85. The summed E-state index contributed by atoms with van der Waals surface area (Å²) in [6, 6.07) is 0. The van der Waals surface area contributed by atoms with Gasteiger partial charge in [-0.05, 0) is 6.92 Å². The third kappa shape index (κ3) is 4.36.